The smallest absolute Gasteiger partial charge is 0.155 e. The minimum Gasteiger partial charge on any atom is -0.295 e. The molecule has 1 heteroatoms. The van der Waals surface area contributed by atoms with E-state index < -0.39 is 0 Å². The number of hydrogen-bond acceptors (Lipinski definition) is 1. The summed E-state index contributed by atoms with van der Waals surface area (Å²) in [5.41, 5.74) is 4.79. The van der Waals surface area contributed by atoms with Crippen LogP contribution in [0.3, 0.4) is 0 Å². The quantitative estimate of drug-likeness (QED) is 0.548. The van der Waals surface area contributed by atoms with E-state index in [0.29, 0.717) is 11.2 Å². The zero-order valence-electron chi connectivity index (χ0n) is 10.0. The molecule has 1 atom stereocenters. The molecular weight excluding hydrogens is 184 g/mol. The van der Waals surface area contributed by atoms with Crippen molar-refractivity contribution in [2.24, 2.45) is 5.41 Å². The topological polar surface area (TPSA) is 17.1 Å². The highest BCUT2D eigenvalue weighted by Gasteiger charge is 2.36. The Morgan fingerprint density at radius 2 is 2.00 bits per heavy atom. The molecule has 0 aromatic heterocycles. The molecule has 0 aromatic carbocycles. The second-order valence-electron chi connectivity index (χ2n) is 5.48. The zero-order chi connectivity index (χ0) is 11.1. The van der Waals surface area contributed by atoms with Gasteiger partial charge in [0.15, 0.2) is 5.78 Å². The first-order valence-electron chi connectivity index (χ1n) is 5.90. The predicted molar refractivity (Wildman–Crippen MR) is 62.7 cm³/mol. The Morgan fingerprint density at radius 1 is 1.27 bits per heavy atom. The largest absolute Gasteiger partial charge is 0.295 e. The van der Waals surface area contributed by atoms with E-state index in [0.717, 1.165) is 25.7 Å². The fourth-order valence-corrected chi connectivity index (χ4v) is 2.85. The van der Waals surface area contributed by atoms with Gasteiger partial charge in [-0.2, -0.15) is 0 Å². The van der Waals surface area contributed by atoms with Gasteiger partial charge in [0.25, 0.3) is 0 Å². The first-order valence-corrected chi connectivity index (χ1v) is 5.90. The van der Waals surface area contributed by atoms with E-state index in [9.17, 15) is 4.79 Å². The molecule has 2 aliphatic rings. The molecule has 0 aliphatic heterocycles. The van der Waals surface area contributed by atoms with Crippen LogP contribution >= 0.6 is 0 Å². The molecule has 2 aliphatic carbocycles. The monoisotopic (exact) mass is 204 g/mol. The maximum absolute atomic E-state index is 11.4. The number of ketones is 1. The van der Waals surface area contributed by atoms with Gasteiger partial charge in [0.2, 0.25) is 0 Å². The first-order chi connectivity index (χ1) is 7.01. The number of hydrogen-bond donors (Lipinski definition) is 0. The molecule has 82 valence electrons. The summed E-state index contributed by atoms with van der Waals surface area (Å²) in [7, 11) is 0. The molecule has 0 bridgehead atoms. The normalized spacial score (nSPS) is 31.0. The summed E-state index contributed by atoms with van der Waals surface area (Å²) in [6.45, 7) is 6.75. The van der Waals surface area contributed by atoms with Gasteiger partial charge in [0, 0.05) is 6.42 Å². The molecule has 0 aromatic rings. The Morgan fingerprint density at radius 3 is 2.67 bits per heavy atom. The molecule has 0 spiro atoms. The van der Waals surface area contributed by atoms with Crippen LogP contribution in [-0.4, -0.2) is 5.78 Å². The van der Waals surface area contributed by atoms with Gasteiger partial charge < -0.3 is 0 Å². The molecule has 0 N–H and O–H groups in total. The van der Waals surface area contributed by atoms with E-state index in [-0.39, 0.29) is 0 Å². The maximum Gasteiger partial charge on any atom is 0.155 e. The lowest BCUT2D eigenvalue weighted by Gasteiger charge is -2.40. The van der Waals surface area contributed by atoms with Crippen LogP contribution in [0.5, 0.6) is 0 Å². The van der Waals surface area contributed by atoms with Gasteiger partial charge in [-0.3, -0.25) is 4.79 Å². The summed E-state index contributed by atoms with van der Waals surface area (Å²) in [6, 6.07) is 0. The van der Waals surface area contributed by atoms with E-state index in [2.05, 4.69) is 20.8 Å². The highest BCUT2D eigenvalue weighted by atomic mass is 16.1. The zero-order valence-corrected chi connectivity index (χ0v) is 10.0. The molecule has 0 unspecified atom stereocenters. The van der Waals surface area contributed by atoms with Gasteiger partial charge >= 0.3 is 0 Å². The minimum atomic E-state index is 0.290. The highest BCUT2D eigenvalue weighted by molar-refractivity contribution is 5.91. The summed E-state index contributed by atoms with van der Waals surface area (Å²) in [6.07, 6.45) is 7.16. The second kappa shape index (κ2) is 3.62. The number of carbonyl (C=O) groups is 1. The van der Waals surface area contributed by atoms with Gasteiger partial charge in [-0.15, -0.1) is 0 Å². The van der Waals surface area contributed by atoms with E-state index in [4.69, 9.17) is 0 Å². The molecule has 0 saturated heterocycles. The van der Waals surface area contributed by atoms with Crippen LogP contribution in [0.1, 0.15) is 52.9 Å². The van der Waals surface area contributed by atoms with Crippen LogP contribution < -0.4 is 0 Å². The highest BCUT2D eigenvalue weighted by Crippen LogP contribution is 2.48. The van der Waals surface area contributed by atoms with Crippen molar-refractivity contribution >= 4 is 5.78 Å². The molecule has 0 radical (unpaired) electrons. The van der Waals surface area contributed by atoms with Crippen LogP contribution in [0.15, 0.2) is 22.8 Å². The van der Waals surface area contributed by atoms with E-state index >= 15 is 0 Å². The summed E-state index contributed by atoms with van der Waals surface area (Å²) >= 11 is 0. The van der Waals surface area contributed by atoms with Crippen molar-refractivity contribution in [1.82, 2.24) is 0 Å². The molecule has 1 saturated carbocycles. The van der Waals surface area contributed by atoms with Crippen LogP contribution in [0.2, 0.25) is 0 Å². The number of allylic oxidation sites excluding steroid dienone is 4. The second-order valence-corrected chi connectivity index (χ2v) is 5.48. The van der Waals surface area contributed by atoms with Gasteiger partial charge in [-0.25, -0.2) is 0 Å². The molecule has 2 rings (SSSR count). The third-order valence-corrected chi connectivity index (χ3v) is 4.04. The first kappa shape index (κ1) is 10.7. The van der Waals surface area contributed by atoms with Crippen molar-refractivity contribution in [3.8, 4) is 0 Å². The van der Waals surface area contributed by atoms with E-state index in [1.165, 1.54) is 17.6 Å². The predicted octanol–water partition coefficient (Wildman–Crippen LogP) is 3.80. The van der Waals surface area contributed by atoms with Crippen LogP contribution in [-0.2, 0) is 4.79 Å². The SMILES string of the molecule is CC(C)=C1CCC2=CC(=O)CC[C@]2(C)C1. The molecule has 15 heavy (non-hydrogen) atoms. The van der Waals surface area contributed by atoms with Crippen molar-refractivity contribution in [3.63, 3.8) is 0 Å². The summed E-state index contributed by atoms with van der Waals surface area (Å²) in [5, 5.41) is 0. The Hall–Kier alpha value is -0.850. The lowest BCUT2D eigenvalue weighted by Crippen LogP contribution is -2.29. The number of fused-ring (bicyclic) bond motifs is 1. The molecule has 0 heterocycles. The van der Waals surface area contributed by atoms with Gasteiger partial charge in [0.05, 0.1) is 0 Å². The van der Waals surface area contributed by atoms with Crippen molar-refractivity contribution < 1.29 is 4.79 Å². The standard InChI is InChI=1S/C14H20O/c1-10(2)11-4-5-12-8-13(15)6-7-14(12,3)9-11/h8H,4-7,9H2,1-3H3/t14-/m1/s1. The Kier molecular flexibility index (Phi) is 2.57. The third-order valence-electron chi connectivity index (χ3n) is 4.04. The molecule has 1 fully saturated rings. The van der Waals surface area contributed by atoms with E-state index in [1.807, 2.05) is 6.08 Å². The lowest BCUT2D eigenvalue weighted by atomic mass is 9.64. The maximum atomic E-state index is 11.4. The number of carbonyl (C=O) groups excluding carboxylic acids is 1. The average Bonchev–Trinajstić information content (AvgIpc) is 2.18. The molecule has 1 nitrogen and oxygen atoms in total. The Bertz CT molecular complexity index is 356. The van der Waals surface area contributed by atoms with Crippen LogP contribution in [0.25, 0.3) is 0 Å². The van der Waals surface area contributed by atoms with Crippen molar-refractivity contribution in [3.05, 3.63) is 22.8 Å². The van der Waals surface area contributed by atoms with Gasteiger partial charge in [-0.1, -0.05) is 23.6 Å². The van der Waals surface area contributed by atoms with Gasteiger partial charge in [0.1, 0.15) is 0 Å². The van der Waals surface area contributed by atoms with Crippen molar-refractivity contribution in [1.29, 1.82) is 0 Å². The molecular formula is C14H20O. The van der Waals surface area contributed by atoms with Crippen LogP contribution in [0.4, 0.5) is 0 Å². The summed E-state index contributed by atoms with van der Waals surface area (Å²) in [4.78, 5) is 11.4. The van der Waals surface area contributed by atoms with Crippen molar-refractivity contribution in [2.45, 2.75) is 52.9 Å². The minimum absolute atomic E-state index is 0.290. The lowest BCUT2D eigenvalue weighted by molar-refractivity contribution is -0.115. The summed E-state index contributed by atoms with van der Waals surface area (Å²) < 4.78 is 0. The Balaban J connectivity index is 2.30. The van der Waals surface area contributed by atoms with Gasteiger partial charge in [-0.05, 0) is 51.0 Å². The summed E-state index contributed by atoms with van der Waals surface area (Å²) in [5.74, 6) is 0.336. The van der Waals surface area contributed by atoms with E-state index in [1.54, 1.807) is 5.57 Å². The van der Waals surface area contributed by atoms with Crippen molar-refractivity contribution in [2.75, 3.05) is 0 Å². The average molecular weight is 204 g/mol. The fraction of sp³-hybridized carbons (Fsp3) is 0.643. The molecule has 0 amide bonds. The number of rotatable bonds is 0. The Labute approximate surface area is 92.3 Å². The third kappa shape index (κ3) is 1.92. The van der Waals surface area contributed by atoms with Crippen LogP contribution in [0, 0.1) is 5.41 Å². The fourth-order valence-electron chi connectivity index (χ4n) is 2.85.